The molecule has 6 rings (SSSR count). The Morgan fingerprint density at radius 2 is 1.51 bits per heavy atom. The summed E-state index contributed by atoms with van der Waals surface area (Å²) < 4.78 is 16.3. The standard InChI is InChI=1S/C34H31N3O4/c1-4-40-33(38)34(20-21-34)27-16-12-24(13-17-27)23-8-10-26(11-9-23)32-31(22(2)37-41-32)36-30-7-5-6-29(35-30)25-14-18-28(39-3)19-15-25/h5-19H,4,20-21H2,1-3H3,(H,35,36). The first-order valence-electron chi connectivity index (χ1n) is 13.7. The quantitative estimate of drug-likeness (QED) is 0.190. The molecular formula is C34H31N3O4. The van der Waals surface area contributed by atoms with E-state index in [0.29, 0.717) is 18.2 Å². The summed E-state index contributed by atoms with van der Waals surface area (Å²) in [5.74, 6) is 2.02. The predicted octanol–water partition coefficient (Wildman–Crippen LogP) is 7.73. The fourth-order valence-electron chi connectivity index (χ4n) is 5.07. The molecule has 1 N–H and O–H groups in total. The first-order chi connectivity index (χ1) is 20.0. The van der Waals surface area contributed by atoms with Crippen molar-refractivity contribution in [2.75, 3.05) is 19.0 Å². The molecule has 2 heterocycles. The Morgan fingerprint density at radius 1 is 0.878 bits per heavy atom. The molecule has 0 bridgehead atoms. The van der Waals surface area contributed by atoms with Gasteiger partial charge in [0.2, 0.25) is 0 Å². The molecule has 0 unspecified atom stereocenters. The van der Waals surface area contributed by atoms with E-state index in [4.69, 9.17) is 19.0 Å². The fraction of sp³-hybridized carbons (Fsp3) is 0.206. The molecule has 3 aromatic carbocycles. The van der Waals surface area contributed by atoms with Gasteiger partial charge in [0.05, 0.1) is 24.8 Å². The summed E-state index contributed by atoms with van der Waals surface area (Å²) in [6, 6.07) is 30.1. The minimum absolute atomic E-state index is 0.119. The normalized spacial score (nSPS) is 13.4. The van der Waals surface area contributed by atoms with Gasteiger partial charge in [-0.1, -0.05) is 59.8 Å². The van der Waals surface area contributed by atoms with Crippen LogP contribution in [-0.2, 0) is 14.9 Å². The van der Waals surface area contributed by atoms with Crippen LogP contribution in [0.4, 0.5) is 11.5 Å². The lowest BCUT2D eigenvalue weighted by atomic mass is 9.93. The third-order valence-corrected chi connectivity index (χ3v) is 7.58. The van der Waals surface area contributed by atoms with Gasteiger partial charge in [-0.25, -0.2) is 4.98 Å². The molecule has 1 fully saturated rings. The Bertz CT molecular complexity index is 1670. The summed E-state index contributed by atoms with van der Waals surface area (Å²) in [5, 5.41) is 7.63. The highest BCUT2D eigenvalue weighted by Gasteiger charge is 2.52. The van der Waals surface area contributed by atoms with Gasteiger partial charge in [0, 0.05) is 11.1 Å². The van der Waals surface area contributed by atoms with Gasteiger partial charge < -0.3 is 19.3 Å². The van der Waals surface area contributed by atoms with Crippen molar-refractivity contribution in [2.45, 2.75) is 32.1 Å². The Morgan fingerprint density at radius 3 is 2.15 bits per heavy atom. The number of hydrogen-bond donors (Lipinski definition) is 1. The lowest BCUT2D eigenvalue weighted by molar-refractivity contribution is -0.146. The maximum absolute atomic E-state index is 12.5. The van der Waals surface area contributed by atoms with Gasteiger partial charge in [-0.15, -0.1) is 0 Å². The average molecular weight is 546 g/mol. The monoisotopic (exact) mass is 545 g/mol. The number of aromatic nitrogens is 2. The summed E-state index contributed by atoms with van der Waals surface area (Å²) in [6.45, 7) is 4.15. The summed E-state index contributed by atoms with van der Waals surface area (Å²) in [5.41, 5.74) is 6.96. The number of nitrogens with one attached hydrogen (secondary N) is 1. The maximum atomic E-state index is 12.5. The van der Waals surface area contributed by atoms with Crippen LogP contribution in [0.2, 0.25) is 0 Å². The molecule has 5 aromatic rings. The van der Waals surface area contributed by atoms with Crippen LogP contribution in [0.15, 0.2) is 95.5 Å². The molecule has 206 valence electrons. The smallest absolute Gasteiger partial charge is 0.316 e. The molecule has 0 saturated heterocycles. The van der Waals surface area contributed by atoms with E-state index in [2.05, 4.69) is 34.7 Å². The zero-order valence-electron chi connectivity index (χ0n) is 23.3. The van der Waals surface area contributed by atoms with Gasteiger partial charge in [0.15, 0.2) is 5.76 Å². The first-order valence-corrected chi connectivity index (χ1v) is 13.7. The summed E-state index contributed by atoms with van der Waals surface area (Å²) in [7, 11) is 1.65. The molecule has 1 aliphatic carbocycles. The minimum atomic E-state index is -0.463. The molecule has 7 heteroatoms. The van der Waals surface area contributed by atoms with Crippen molar-refractivity contribution in [3.05, 3.63) is 102 Å². The number of carbonyl (C=O) groups is 1. The predicted molar refractivity (Wildman–Crippen MR) is 159 cm³/mol. The van der Waals surface area contributed by atoms with E-state index in [-0.39, 0.29) is 5.97 Å². The van der Waals surface area contributed by atoms with E-state index in [1.807, 2.05) is 80.6 Å². The van der Waals surface area contributed by atoms with Crippen LogP contribution >= 0.6 is 0 Å². The molecule has 1 aliphatic rings. The van der Waals surface area contributed by atoms with Crippen molar-refractivity contribution in [1.29, 1.82) is 0 Å². The number of hydrogen-bond acceptors (Lipinski definition) is 7. The Balaban J connectivity index is 1.20. The van der Waals surface area contributed by atoms with Gasteiger partial charge in [0.25, 0.3) is 0 Å². The highest BCUT2D eigenvalue weighted by molar-refractivity contribution is 5.87. The van der Waals surface area contributed by atoms with Crippen molar-refractivity contribution in [1.82, 2.24) is 10.1 Å². The van der Waals surface area contributed by atoms with Crippen molar-refractivity contribution in [3.63, 3.8) is 0 Å². The maximum Gasteiger partial charge on any atom is 0.316 e. The van der Waals surface area contributed by atoms with E-state index in [0.717, 1.165) is 63.5 Å². The molecule has 0 amide bonds. The number of nitrogens with zero attached hydrogens (tertiary/aromatic N) is 2. The number of methoxy groups -OCH3 is 1. The number of anilines is 2. The molecule has 0 spiro atoms. The molecule has 7 nitrogen and oxygen atoms in total. The van der Waals surface area contributed by atoms with Crippen LogP contribution in [0.25, 0.3) is 33.7 Å². The number of carbonyl (C=O) groups excluding carboxylic acids is 1. The number of esters is 1. The molecule has 0 atom stereocenters. The molecule has 1 saturated carbocycles. The van der Waals surface area contributed by atoms with Crippen molar-refractivity contribution in [2.24, 2.45) is 0 Å². The van der Waals surface area contributed by atoms with E-state index in [1.54, 1.807) is 7.11 Å². The third-order valence-electron chi connectivity index (χ3n) is 7.58. The highest BCUT2D eigenvalue weighted by atomic mass is 16.5. The van der Waals surface area contributed by atoms with Crippen LogP contribution < -0.4 is 10.1 Å². The van der Waals surface area contributed by atoms with Gasteiger partial charge >= 0.3 is 5.97 Å². The number of aryl methyl sites for hydroxylation is 1. The highest BCUT2D eigenvalue weighted by Crippen LogP contribution is 2.49. The molecule has 2 aromatic heterocycles. The third kappa shape index (κ3) is 5.18. The average Bonchev–Trinajstić information content (AvgIpc) is 3.76. The fourth-order valence-corrected chi connectivity index (χ4v) is 5.07. The van der Waals surface area contributed by atoms with Gasteiger partial charge in [-0.2, -0.15) is 0 Å². The Kier molecular flexibility index (Phi) is 7.01. The van der Waals surface area contributed by atoms with Crippen LogP contribution in [-0.4, -0.2) is 29.8 Å². The zero-order chi connectivity index (χ0) is 28.4. The van der Waals surface area contributed by atoms with Crippen molar-refractivity contribution in [3.8, 4) is 39.5 Å². The summed E-state index contributed by atoms with van der Waals surface area (Å²) in [6.07, 6.45) is 1.68. The molecule has 41 heavy (non-hydrogen) atoms. The number of ether oxygens (including phenoxy) is 2. The number of benzene rings is 3. The Labute approximate surface area is 239 Å². The topological polar surface area (TPSA) is 86.5 Å². The lowest BCUT2D eigenvalue weighted by Crippen LogP contribution is -2.23. The van der Waals surface area contributed by atoms with Gasteiger partial charge in [0.1, 0.15) is 22.9 Å². The van der Waals surface area contributed by atoms with Crippen molar-refractivity contribution < 1.29 is 18.8 Å². The van der Waals surface area contributed by atoms with Crippen LogP contribution in [0.5, 0.6) is 5.75 Å². The van der Waals surface area contributed by atoms with Crippen LogP contribution in [0.3, 0.4) is 0 Å². The van der Waals surface area contributed by atoms with Gasteiger partial charge in [-0.3, -0.25) is 4.79 Å². The Hall–Kier alpha value is -4.91. The molecule has 0 aliphatic heterocycles. The van der Waals surface area contributed by atoms with Crippen LogP contribution in [0, 0.1) is 6.92 Å². The largest absolute Gasteiger partial charge is 0.497 e. The number of pyridine rings is 1. The summed E-state index contributed by atoms with van der Waals surface area (Å²) >= 11 is 0. The first kappa shape index (κ1) is 26.3. The van der Waals surface area contributed by atoms with Gasteiger partial charge in [-0.05, 0) is 79.8 Å². The molecule has 0 radical (unpaired) electrons. The van der Waals surface area contributed by atoms with E-state index in [1.165, 1.54) is 0 Å². The van der Waals surface area contributed by atoms with E-state index in [9.17, 15) is 4.79 Å². The van der Waals surface area contributed by atoms with Crippen molar-refractivity contribution >= 4 is 17.5 Å². The minimum Gasteiger partial charge on any atom is -0.497 e. The summed E-state index contributed by atoms with van der Waals surface area (Å²) in [4.78, 5) is 17.3. The second kappa shape index (κ2) is 10.9. The number of rotatable bonds is 9. The van der Waals surface area contributed by atoms with E-state index >= 15 is 0 Å². The van der Waals surface area contributed by atoms with E-state index < -0.39 is 5.41 Å². The molecular weight excluding hydrogens is 514 g/mol. The lowest BCUT2D eigenvalue weighted by Gasteiger charge is -2.14. The second-order valence-corrected chi connectivity index (χ2v) is 10.2. The van der Waals surface area contributed by atoms with Crippen LogP contribution in [0.1, 0.15) is 31.0 Å². The second-order valence-electron chi connectivity index (χ2n) is 10.2. The zero-order valence-corrected chi connectivity index (χ0v) is 23.3. The SMILES string of the molecule is CCOC(=O)C1(c2ccc(-c3ccc(-c4onc(C)c4Nc4cccc(-c5ccc(OC)cc5)n4)cc3)cc2)CC1.